The quantitative estimate of drug-likeness (QED) is 0.0319. The molecular weight excluding hydrogens is 1700 g/mol. The van der Waals surface area contributed by atoms with E-state index in [1.807, 2.05) is 234 Å². The summed E-state index contributed by atoms with van der Waals surface area (Å²) in [7, 11) is 0. The van der Waals surface area contributed by atoms with E-state index in [1.165, 1.54) is 5.56 Å². The Bertz CT molecular complexity index is 7290. The summed E-state index contributed by atoms with van der Waals surface area (Å²) < 4.78 is 13.3. The summed E-state index contributed by atoms with van der Waals surface area (Å²) in [5.74, 6) is 1.44. The first-order valence-corrected chi connectivity index (χ1v) is 44.7. The number of aromatic amines is 4. The summed E-state index contributed by atoms with van der Waals surface area (Å²) in [6, 6.07) is 75.9. The van der Waals surface area contributed by atoms with Gasteiger partial charge in [-0.1, -0.05) is 36.4 Å². The SMILES string of the molecule is O=C(NC1CC1)c1ccc(Nc2ccc(-c3cc[nH]c(=O)c3)n3ccnc23)cc1.O=C(NCC1CCCO1)c1ccc(Nc2ccc(-c3cc[nH]c(=O)c3)n3ccnc23)cc1.O=C(c1ccc(Nc2ccc(-c3cc[nH]c(=O)c3)n3ccnc23)cc1)N1CCC(c2ccccc2)CC1.O=C(c1ccc(Nc2ccc(-c3cc[nH]c(=O)c3)n3ccnc23)cc1)N1CCN(c2ccccn2)CC1. The van der Waals surface area contributed by atoms with Crippen molar-refractivity contribution in [1.29, 1.82) is 0 Å². The minimum atomic E-state index is -0.155. The molecule has 0 spiro atoms. The van der Waals surface area contributed by atoms with Crippen molar-refractivity contribution in [2.24, 2.45) is 0 Å². The smallest absolute Gasteiger partial charge is 0.253 e. The van der Waals surface area contributed by atoms with E-state index in [9.17, 15) is 38.4 Å². The average Bonchev–Trinajstić information content (AvgIpc) is 1.70. The monoisotopic (exact) mass is 1790 g/mol. The van der Waals surface area contributed by atoms with E-state index >= 15 is 0 Å². The fourth-order valence-electron chi connectivity index (χ4n) is 17.0. The standard InChI is InChI=1S/C30H27N5O2.C28H25N7O2.C24H23N5O3.C22H19N5O2/c36-28-20-24(12-15-31-28)27-11-10-26(29-32-16-19-35(27)29)33-25-8-6-23(7-9-25)30(37)34-17-13-22(14-18-34)21-4-2-1-3-5-21;36-26-19-21(10-12-30-26)24-9-8-23(27-31-13-14-35(24)27)32-22-6-4-20(5-7-22)28(37)34-17-15-33(16-18-34)25-3-1-2-11-29-25;30-22-14-17(9-10-25-22)21-8-7-20(23-26-11-12-29(21)23)28-18-5-3-16(4-6-18)24(31)27-15-19-2-1-13-32-19;28-20-13-15(9-10-23-20)19-8-7-18(21-24-11-12-27(19)21)25-16-3-1-14(2-4-16)22(29)26-17-5-6-17/h1-12,15-16,19-20,22,33H,13-14,17-18H2,(H,31,36);1-14,19,32H,15-18H2,(H,30,36);3-12,14,19,28H,1-2,13,15H2,(H,25,30)(H,27,31);1-4,7-13,17,25H,5-6H2,(H,23,28)(H,26,29). The van der Waals surface area contributed by atoms with Crippen LogP contribution in [0.1, 0.15) is 91.4 Å². The van der Waals surface area contributed by atoms with Crippen molar-refractivity contribution in [1.82, 2.24) is 82.9 Å². The van der Waals surface area contributed by atoms with Gasteiger partial charge in [-0.05, 0) is 232 Å². The number of ether oxygens (including phenoxy) is 1. The highest BCUT2D eigenvalue weighted by Gasteiger charge is 2.28. The Balaban J connectivity index is 0.000000116. The molecule has 3 saturated heterocycles. The highest BCUT2D eigenvalue weighted by Crippen LogP contribution is 2.35. The molecule has 4 amide bonds. The van der Waals surface area contributed by atoms with Gasteiger partial charge < -0.3 is 71.3 Å². The van der Waals surface area contributed by atoms with Crippen LogP contribution in [0.25, 0.3) is 67.6 Å². The van der Waals surface area contributed by atoms with Crippen molar-refractivity contribution in [2.75, 3.05) is 78.6 Å². The van der Waals surface area contributed by atoms with Crippen LogP contribution in [0.2, 0.25) is 0 Å². The number of nitrogens with one attached hydrogen (secondary N) is 10. The van der Waals surface area contributed by atoms with E-state index in [1.54, 1.807) is 92.2 Å². The molecule has 13 aromatic heterocycles. The lowest BCUT2D eigenvalue weighted by Crippen LogP contribution is -2.49. The number of rotatable bonds is 21. The molecule has 674 valence electrons. The van der Waals surface area contributed by atoms with Crippen molar-refractivity contribution >= 4 is 97.5 Å². The molecule has 18 aromatic rings. The van der Waals surface area contributed by atoms with E-state index in [0.29, 0.717) is 53.8 Å². The second-order valence-electron chi connectivity index (χ2n) is 33.1. The number of likely N-dealkylation sites (tertiary alicyclic amines) is 1. The van der Waals surface area contributed by atoms with Gasteiger partial charge in [-0.15, -0.1) is 0 Å². The van der Waals surface area contributed by atoms with Gasteiger partial charge in [0.25, 0.3) is 23.6 Å². The van der Waals surface area contributed by atoms with Gasteiger partial charge in [0, 0.05) is 231 Å². The number of anilines is 9. The van der Waals surface area contributed by atoms with Crippen LogP contribution in [-0.4, -0.2) is 160 Å². The number of carbonyl (C=O) groups is 4. The minimum absolute atomic E-state index is 0.0306. The normalized spacial score (nSPS) is 14.2. The molecular formula is C104H94N22O9. The molecule has 135 heavy (non-hydrogen) atoms. The molecule has 1 aliphatic carbocycles. The zero-order valence-corrected chi connectivity index (χ0v) is 73.3. The van der Waals surface area contributed by atoms with Crippen LogP contribution in [0, 0.1) is 0 Å². The summed E-state index contributed by atoms with van der Waals surface area (Å²) in [5.41, 5.74) is 19.8. The summed E-state index contributed by atoms with van der Waals surface area (Å²) in [6.45, 7) is 5.70. The molecule has 4 aliphatic rings. The molecule has 3 aliphatic heterocycles. The first kappa shape index (κ1) is 87.0. The van der Waals surface area contributed by atoms with E-state index in [-0.39, 0.29) is 52.0 Å². The van der Waals surface area contributed by atoms with E-state index in [2.05, 4.69) is 106 Å². The first-order valence-electron chi connectivity index (χ1n) is 44.7. The van der Waals surface area contributed by atoms with Crippen LogP contribution in [0.5, 0.6) is 0 Å². The number of piperazine rings is 1. The van der Waals surface area contributed by atoms with Crippen LogP contribution < -0.4 is 59.0 Å². The number of H-pyrrole nitrogens is 4. The molecule has 1 saturated carbocycles. The fourth-order valence-corrected chi connectivity index (χ4v) is 17.0. The number of imidazole rings is 4. The molecule has 4 fully saturated rings. The van der Waals surface area contributed by atoms with Crippen LogP contribution >= 0.6 is 0 Å². The first-order chi connectivity index (χ1) is 66.1. The summed E-state index contributed by atoms with van der Waals surface area (Å²) in [6.07, 6.45) is 29.0. The molecule has 16 heterocycles. The van der Waals surface area contributed by atoms with Crippen molar-refractivity contribution in [2.45, 2.75) is 56.6 Å². The molecule has 1 unspecified atom stereocenters. The van der Waals surface area contributed by atoms with Gasteiger partial charge in [-0.3, -0.25) is 56.0 Å². The number of hydrogen-bond acceptors (Lipinski definition) is 19. The Hall–Kier alpha value is -17.4. The number of benzene rings is 5. The van der Waals surface area contributed by atoms with E-state index in [0.717, 1.165) is 190 Å². The maximum absolute atomic E-state index is 13.1. The van der Waals surface area contributed by atoms with Crippen LogP contribution in [0.3, 0.4) is 0 Å². The number of amides is 4. The molecule has 31 heteroatoms. The number of hydrogen-bond donors (Lipinski definition) is 10. The Morgan fingerprint density at radius 3 is 1.08 bits per heavy atom. The lowest BCUT2D eigenvalue weighted by Gasteiger charge is -2.35. The Morgan fingerprint density at radius 2 is 0.726 bits per heavy atom. The predicted octanol–water partition coefficient (Wildman–Crippen LogP) is 15.9. The lowest BCUT2D eigenvalue weighted by atomic mass is 9.89. The molecule has 1 atom stereocenters. The second-order valence-corrected chi connectivity index (χ2v) is 33.1. The average molecular weight is 1800 g/mol. The van der Waals surface area contributed by atoms with Crippen LogP contribution in [0.15, 0.2) is 342 Å². The largest absolute Gasteiger partial charge is 0.376 e. The number of nitrogens with zero attached hydrogens (tertiary/aromatic N) is 12. The number of carbonyl (C=O) groups excluding carboxylic acids is 4. The van der Waals surface area contributed by atoms with Crippen LogP contribution in [-0.2, 0) is 4.74 Å². The minimum Gasteiger partial charge on any atom is -0.376 e. The third kappa shape index (κ3) is 20.5. The van der Waals surface area contributed by atoms with Gasteiger partial charge in [0.15, 0.2) is 22.6 Å². The second kappa shape index (κ2) is 39.9. The van der Waals surface area contributed by atoms with Gasteiger partial charge in [0.2, 0.25) is 22.2 Å². The number of fused-ring (bicyclic) bond motifs is 4. The zero-order valence-electron chi connectivity index (χ0n) is 73.3. The van der Waals surface area contributed by atoms with Gasteiger partial charge in [0.1, 0.15) is 5.82 Å². The van der Waals surface area contributed by atoms with E-state index in [4.69, 9.17) is 4.74 Å². The maximum Gasteiger partial charge on any atom is 0.253 e. The zero-order chi connectivity index (χ0) is 92.1. The van der Waals surface area contributed by atoms with Crippen molar-refractivity contribution < 1.29 is 23.9 Å². The molecule has 0 radical (unpaired) electrons. The van der Waals surface area contributed by atoms with Crippen molar-refractivity contribution in [3.63, 3.8) is 0 Å². The Morgan fingerprint density at radius 1 is 0.356 bits per heavy atom. The lowest BCUT2D eigenvalue weighted by molar-refractivity contribution is 0.0711. The van der Waals surface area contributed by atoms with Gasteiger partial charge in [-0.25, -0.2) is 24.9 Å². The predicted molar refractivity (Wildman–Crippen MR) is 522 cm³/mol. The third-order valence-corrected chi connectivity index (χ3v) is 24.2. The van der Waals surface area contributed by atoms with E-state index < -0.39 is 0 Å². The van der Waals surface area contributed by atoms with Crippen molar-refractivity contribution in [3.8, 4) is 45.0 Å². The number of aromatic nitrogens is 13. The highest BCUT2D eigenvalue weighted by atomic mass is 16.5. The Kier molecular flexibility index (Phi) is 25.7. The van der Waals surface area contributed by atoms with Gasteiger partial charge >= 0.3 is 0 Å². The van der Waals surface area contributed by atoms with Crippen molar-refractivity contribution in [3.05, 3.63) is 392 Å². The molecule has 10 N–H and O–H groups in total. The molecule has 31 nitrogen and oxygen atoms in total. The summed E-state index contributed by atoms with van der Waals surface area (Å²) >= 11 is 0. The molecule has 5 aromatic carbocycles. The third-order valence-electron chi connectivity index (χ3n) is 24.2. The fraction of sp³-hybridized carbons (Fsp3) is 0.163. The number of pyridine rings is 9. The summed E-state index contributed by atoms with van der Waals surface area (Å²) in [4.78, 5) is 137. The maximum atomic E-state index is 13.1. The van der Waals surface area contributed by atoms with Gasteiger partial charge in [0.05, 0.1) is 51.6 Å². The number of piperidine rings is 1. The van der Waals surface area contributed by atoms with Crippen LogP contribution in [0.4, 0.5) is 51.3 Å². The Labute approximate surface area is 772 Å². The topological polar surface area (TPSA) is 373 Å². The summed E-state index contributed by atoms with van der Waals surface area (Å²) in [5, 5.41) is 19.5. The molecule has 0 bridgehead atoms. The highest BCUT2D eigenvalue weighted by molar-refractivity contribution is 5.97. The van der Waals surface area contributed by atoms with Gasteiger partial charge in [-0.2, -0.15) is 0 Å². The molecule has 22 rings (SSSR count).